The zero-order chi connectivity index (χ0) is 25.4. The van der Waals surface area contributed by atoms with Crippen LogP contribution < -0.4 is 0 Å². The summed E-state index contributed by atoms with van der Waals surface area (Å²) in [5.74, 6) is 0. The second-order valence-corrected chi connectivity index (χ2v) is 9.70. The fraction of sp³-hybridized carbons (Fsp3) is 1.00. The maximum Gasteiger partial charge on any atom is 0.0639 e. The maximum absolute atomic E-state index is 9.14. The number of nitrogens with zero attached hydrogens (tertiary/aromatic N) is 2. The summed E-state index contributed by atoms with van der Waals surface area (Å²) in [5.41, 5.74) is -0.500. The molecule has 0 fully saturated rings. The van der Waals surface area contributed by atoms with E-state index in [1.807, 2.05) is 9.80 Å². The van der Waals surface area contributed by atoms with Crippen LogP contribution >= 0.6 is 0 Å². The molecule has 13 heteroatoms. The summed E-state index contributed by atoms with van der Waals surface area (Å²) in [4.78, 5) is 3.69. The van der Waals surface area contributed by atoms with Crippen molar-refractivity contribution in [3.05, 3.63) is 0 Å². The molecule has 0 aromatic carbocycles. The third kappa shape index (κ3) is 61.2. The molecule has 216 valence electrons. The Balaban J connectivity index is -0.0000000686. The van der Waals surface area contributed by atoms with E-state index in [9.17, 15) is 0 Å². The second kappa shape index (κ2) is 29.9. The second-order valence-electron chi connectivity index (χ2n) is 9.70. The van der Waals surface area contributed by atoms with Gasteiger partial charge in [-0.3, -0.25) is 9.80 Å². The van der Waals surface area contributed by atoms with Crippen molar-refractivity contribution < 1.29 is 99.1 Å². The van der Waals surface area contributed by atoms with E-state index in [-0.39, 0.29) is 63.4 Å². The number of aliphatic hydroxyl groups excluding tert-OH is 6. The van der Waals surface area contributed by atoms with E-state index in [1.54, 1.807) is 62.3 Å². The average Bonchev–Trinajstić information content (AvgIpc) is 2.40. The molecule has 0 aliphatic rings. The Hall–Kier alpha value is 1.33. The van der Waals surface area contributed by atoms with Crippen LogP contribution in [0.3, 0.4) is 0 Å². The Morgan fingerprint density at radius 3 is 0.600 bits per heavy atom. The smallest absolute Gasteiger partial charge is 0.0639 e. The van der Waals surface area contributed by atoms with E-state index in [2.05, 4.69) is 0 Å². The van der Waals surface area contributed by atoms with Crippen LogP contribution in [0.1, 0.15) is 62.3 Å². The maximum atomic E-state index is 9.14. The van der Waals surface area contributed by atoms with Gasteiger partial charge in [-0.25, -0.2) is 0 Å². The summed E-state index contributed by atoms with van der Waals surface area (Å²) in [5, 5.41) is 63.4. The fourth-order valence-electron chi connectivity index (χ4n) is 2.69. The third-order valence-electron chi connectivity index (χ3n) is 3.13. The third-order valence-corrected chi connectivity index (χ3v) is 3.13. The van der Waals surface area contributed by atoms with Gasteiger partial charge in [-0.2, -0.15) is 0 Å². The van der Waals surface area contributed by atoms with Gasteiger partial charge >= 0.3 is 0 Å². The van der Waals surface area contributed by atoms with Gasteiger partial charge < -0.3 is 46.7 Å². The van der Waals surface area contributed by atoms with E-state index in [0.717, 1.165) is 0 Å². The van der Waals surface area contributed by atoms with Crippen molar-refractivity contribution >= 4 is 0 Å². The number of hydrogen-bond donors (Lipinski definition) is 7. The van der Waals surface area contributed by atoms with Crippen LogP contribution in [0, 0.1) is 0 Å². The van der Waals surface area contributed by atoms with Crippen molar-refractivity contribution in [2.24, 2.45) is 0 Å². The van der Waals surface area contributed by atoms with Crippen molar-refractivity contribution in [2.45, 2.75) is 105 Å². The molecular weight excluding hydrogens is 619 g/mol. The molecule has 0 aliphatic carbocycles. The number of rotatable bonds is 12. The molecule has 0 rings (SSSR count). The Labute approximate surface area is 251 Å². The first-order chi connectivity index (χ1) is 13.8. The van der Waals surface area contributed by atoms with Gasteiger partial charge in [-0.15, -0.1) is 0 Å². The first kappa shape index (κ1) is 52.7. The predicted molar refractivity (Wildman–Crippen MR) is 132 cm³/mol. The zero-order valence-electron chi connectivity index (χ0n) is 23.2. The Morgan fingerprint density at radius 1 is 0.457 bits per heavy atom. The molecule has 0 unspecified atom stereocenters. The van der Waals surface area contributed by atoms with E-state index in [1.165, 1.54) is 0 Å². The van der Waals surface area contributed by atoms with Gasteiger partial charge in [0, 0.05) is 91.7 Å². The van der Waals surface area contributed by atoms with E-state index < -0.39 is 42.2 Å². The molecule has 0 radical (unpaired) electrons. The van der Waals surface area contributed by atoms with Gasteiger partial charge in [0.1, 0.15) is 0 Å². The van der Waals surface area contributed by atoms with Gasteiger partial charge in [-0.1, -0.05) is 0 Å². The molecule has 0 amide bonds. The van der Waals surface area contributed by atoms with E-state index >= 15 is 0 Å². The molecule has 0 spiro atoms. The fourth-order valence-corrected chi connectivity index (χ4v) is 2.69. The van der Waals surface area contributed by atoms with Crippen molar-refractivity contribution in [3.8, 4) is 0 Å². The molecule has 0 saturated heterocycles. The summed E-state index contributed by atoms with van der Waals surface area (Å²) in [7, 11) is 0. The number of hydrogen-bond acceptors (Lipinski definition) is 9. The number of aliphatic hydroxyl groups is 7. The van der Waals surface area contributed by atoms with Crippen LogP contribution in [0.4, 0.5) is 0 Å². The van der Waals surface area contributed by atoms with E-state index in [4.69, 9.17) is 35.7 Å². The van der Waals surface area contributed by atoms with Crippen LogP contribution in [0.5, 0.6) is 0 Å². The summed E-state index contributed by atoms with van der Waals surface area (Å²) in [6, 6.07) is 0. The minimum atomic E-state index is -0.500. The zero-order valence-corrected chi connectivity index (χ0v) is 28.1. The molecule has 0 saturated carbocycles. The predicted octanol–water partition coefficient (Wildman–Crippen LogP) is -2.02. The average molecular weight is 675 g/mol. The minimum absolute atomic E-state index is 0. The van der Waals surface area contributed by atoms with Crippen LogP contribution in [0.2, 0.25) is 0 Å². The van der Waals surface area contributed by atoms with Gasteiger partial charge in [-0.05, 0) is 62.3 Å². The van der Waals surface area contributed by atoms with Crippen LogP contribution in [-0.4, -0.2) is 138 Å². The Kier molecular flexibility index (Phi) is 45.0. The first-order valence-corrected chi connectivity index (χ1v) is 11.1. The molecule has 0 heterocycles. The molecule has 11 N–H and O–H groups in total. The van der Waals surface area contributed by atoms with Crippen molar-refractivity contribution in [1.29, 1.82) is 0 Å². The van der Waals surface area contributed by atoms with E-state index in [0.29, 0.717) is 39.3 Å². The van der Waals surface area contributed by atoms with Crippen molar-refractivity contribution in [3.63, 3.8) is 0 Å². The molecule has 11 nitrogen and oxygen atoms in total. The largest absolute Gasteiger partial charge is 0.412 e. The van der Waals surface area contributed by atoms with Crippen molar-refractivity contribution in [2.75, 3.05) is 39.3 Å². The monoisotopic (exact) mass is 672 g/mol. The normalized spacial score (nSPS) is 15.6. The van der Waals surface area contributed by atoms with Gasteiger partial charge in [0.25, 0.3) is 0 Å². The van der Waals surface area contributed by atoms with Crippen LogP contribution in [0.25, 0.3) is 0 Å². The van der Waals surface area contributed by atoms with Crippen molar-refractivity contribution in [1.82, 2.24) is 9.80 Å². The molecule has 35 heavy (non-hydrogen) atoms. The van der Waals surface area contributed by atoms with Gasteiger partial charge in [0.15, 0.2) is 0 Å². The summed E-state index contributed by atoms with van der Waals surface area (Å²) in [6.45, 7) is 18.3. The van der Waals surface area contributed by atoms with Crippen LogP contribution in [0.15, 0.2) is 0 Å². The minimum Gasteiger partial charge on any atom is -0.412 e. The molecule has 6 atom stereocenters. The molecule has 0 aromatic rings. The topological polar surface area (TPSA) is 211 Å². The summed E-state index contributed by atoms with van der Waals surface area (Å²) >= 11 is 0. The SMILES string of the molecule is CC(C)(C)O.C[C@H](O)CN(C[C@@H](C)O)C[C@@H](C)O.C[C@H](O)CN(C[C@H](C)O)C[C@@H](C)O.O.O.[Zr].[Zr]. The Bertz CT molecular complexity index is 316. The van der Waals surface area contributed by atoms with Gasteiger partial charge in [0.2, 0.25) is 0 Å². The molecule has 0 bridgehead atoms. The van der Waals surface area contributed by atoms with Crippen LogP contribution in [-0.2, 0) is 52.4 Å². The standard InChI is InChI=1S/2C9H21NO3.C4H10O.2H2O.2Zr/c2*1-7(11)4-10(5-8(2)12)6-9(3)13;1-4(2,3)5;;;;/h2*7-9,11-13H,4-6H2,1-3H3;5H,1-3H3;2*1H2;;/t2*7-,8-,9+;;;;;/m10...../s1. The quantitative estimate of drug-likeness (QED) is 0.122. The van der Waals surface area contributed by atoms with Gasteiger partial charge in [0.05, 0.1) is 42.2 Å². The summed E-state index contributed by atoms with van der Waals surface area (Å²) in [6.07, 6.45) is -2.60. The Morgan fingerprint density at radius 2 is 0.543 bits per heavy atom. The molecule has 0 aromatic heterocycles. The first-order valence-electron chi connectivity index (χ1n) is 11.1. The molecule has 0 aliphatic heterocycles. The summed E-state index contributed by atoms with van der Waals surface area (Å²) < 4.78 is 0. The molecular formula is C22H56N2O9Zr2.